The van der Waals surface area contributed by atoms with Crippen molar-refractivity contribution in [3.8, 4) is 0 Å². The summed E-state index contributed by atoms with van der Waals surface area (Å²) in [6.45, 7) is 1.56. The zero-order valence-corrected chi connectivity index (χ0v) is 18.1. The van der Waals surface area contributed by atoms with Gasteiger partial charge in [-0.1, -0.05) is 12.1 Å². The van der Waals surface area contributed by atoms with Gasteiger partial charge in [0.2, 0.25) is 5.95 Å². The maximum absolute atomic E-state index is 13.3. The summed E-state index contributed by atoms with van der Waals surface area (Å²) in [4.78, 5) is 22.4. The van der Waals surface area contributed by atoms with Crippen molar-refractivity contribution in [3.05, 3.63) is 52.3 Å². The number of benzene rings is 1. The maximum Gasteiger partial charge on any atom is 0.280 e. The molecule has 12 heteroatoms. The second-order valence-corrected chi connectivity index (χ2v) is 8.59. The van der Waals surface area contributed by atoms with Crippen LogP contribution in [0.2, 0.25) is 0 Å². The van der Waals surface area contributed by atoms with E-state index in [9.17, 15) is 9.18 Å². The molecule has 9 nitrogen and oxygen atoms in total. The highest BCUT2D eigenvalue weighted by atomic mass is 32.2. The number of nitrogens with one attached hydrogen (secondary N) is 1. The first-order chi connectivity index (χ1) is 14.6. The van der Waals surface area contributed by atoms with Crippen LogP contribution >= 0.6 is 20.1 Å². The Morgan fingerprint density at radius 3 is 3.00 bits per heavy atom. The van der Waals surface area contributed by atoms with E-state index in [1.54, 1.807) is 28.5 Å². The van der Waals surface area contributed by atoms with Crippen LogP contribution < -0.4 is 11.3 Å². The number of imidazole rings is 1. The number of nitrogens with two attached hydrogens (primary N) is 1. The van der Waals surface area contributed by atoms with Crippen LogP contribution in [0.4, 0.5) is 10.3 Å². The fourth-order valence-electron chi connectivity index (χ4n) is 2.54. The van der Waals surface area contributed by atoms with E-state index in [0.717, 1.165) is 11.3 Å². The van der Waals surface area contributed by atoms with Crippen molar-refractivity contribution in [1.82, 2.24) is 19.5 Å². The Hall–Kier alpha value is -2.04. The molecule has 1 aromatic carbocycles. The van der Waals surface area contributed by atoms with Gasteiger partial charge in [0, 0.05) is 12.3 Å². The minimum atomic E-state index is -1.29. The number of anilines is 1. The third-order valence-corrected chi connectivity index (χ3v) is 5.81. The van der Waals surface area contributed by atoms with Crippen molar-refractivity contribution in [2.45, 2.75) is 13.2 Å². The number of hydrogen-bond donors (Lipinski definition) is 2. The van der Waals surface area contributed by atoms with E-state index in [1.165, 1.54) is 18.5 Å². The van der Waals surface area contributed by atoms with Crippen LogP contribution in [-0.2, 0) is 26.9 Å². The topological polar surface area (TPSA) is 117 Å². The Balaban J connectivity index is 1.51. The van der Waals surface area contributed by atoms with E-state index >= 15 is 0 Å². The molecular weight excluding hydrogens is 432 g/mol. The van der Waals surface area contributed by atoms with E-state index in [0.29, 0.717) is 25.4 Å². The molecule has 0 aliphatic carbocycles. The monoisotopic (exact) mass is 455 g/mol. The Morgan fingerprint density at radius 2 is 2.20 bits per heavy atom. The molecule has 0 aliphatic heterocycles. The van der Waals surface area contributed by atoms with Crippen LogP contribution in [0.25, 0.3) is 11.2 Å². The van der Waals surface area contributed by atoms with E-state index in [4.69, 9.17) is 19.5 Å². The standard InChI is InChI=1S/C18H23FN5O4PS/c1-30-8-7-27-29(28-10-13-3-2-4-14(19)9-13)12-26-6-5-24-11-21-15-16(24)22-18(20)23-17(15)25/h2-4,9,11H,5-8,10,12H2,1H3,(H3,20,22,23,25). The lowest BCUT2D eigenvalue weighted by Crippen LogP contribution is -2.13. The summed E-state index contributed by atoms with van der Waals surface area (Å²) in [5.74, 6) is 0.567. The number of H-pyrrole nitrogens is 1. The molecule has 0 fully saturated rings. The van der Waals surface area contributed by atoms with Gasteiger partial charge in [-0.25, -0.2) is 9.37 Å². The lowest BCUT2D eigenvalue weighted by atomic mass is 10.2. The summed E-state index contributed by atoms with van der Waals surface area (Å²) in [6, 6.07) is 6.26. The molecular formula is C18H23FN5O4PS. The van der Waals surface area contributed by atoms with Crippen molar-refractivity contribution in [3.63, 3.8) is 0 Å². The first-order valence-electron chi connectivity index (χ1n) is 9.12. The van der Waals surface area contributed by atoms with Gasteiger partial charge in [-0.2, -0.15) is 16.7 Å². The quantitative estimate of drug-likeness (QED) is 0.316. The largest absolute Gasteiger partial charge is 0.370 e. The van der Waals surface area contributed by atoms with Crippen molar-refractivity contribution in [2.24, 2.45) is 0 Å². The average Bonchev–Trinajstić information content (AvgIpc) is 3.12. The van der Waals surface area contributed by atoms with Crippen LogP contribution in [0, 0.1) is 5.82 Å². The molecule has 30 heavy (non-hydrogen) atoms. The molecule has 0 spiro atoms. The minimum absolute atomic E-state index is 0.0339. The molecule has 3 aromatic rings. The molecule has 3 rings (SSSR count). The molecule has 0 radical (unpaired) electrons. The van der Waals surface area contributed by atoms with Crippen LogP contribution in [-0.4, -0.2) is 51.1 Å². The van der Waals surface area contributed by atoms with Crippen molar-refractivity contribution in [1.29, 1.82) is 0 Å². The van der Waals surface area contributed by atoms with Crippen molar-refractivity contribution < 1.29 is 18.2 Å². The normalized spacial score (nSPS) is 12.5. The average molecular weight is 455 g/mol. The smallest absolute Gasteiger partial charge is 0.280 e. The summed E-state index contributed by atoms with van der Waals surface area (Å²) in [6.07, 6.45) is 3.78. The molecule has 0 saturated carbocycles. The SMILES string of the molecule is CSCCOP(COCCn1cnc2c(=O)[nH]c(N)nc21)OCc1cccc(F)c1. The molecule has 0 saturated heterocycles. The molecule has 0 aliphatic rings. The summed E-state index contributed by atoms with van der Waals surface area (Å²) in [5, 5.41) is 0. The Morgan fingerprint density at radius 1 is 1.33 bits per heavy atom. The third kappa shape index (κ3) is 6.48. The zero-order valence-electron chi connectivity index (χ0n) is 16.4. The molecule has 2 aromatic heterocycles. The highest BCUT2D eigenvalue weighted by Gasteiger charge is 2.13. The second-order valence-electron chi connectivity index (χ2n) is 6.16. The molecule has 1 unspecified atom stereocenters. The fraction of sp³-hybridized carbons (Fsp3) is 0.389. The van der Waals surface area contributed by atoms with Crippen LogP contribution in [0.15, 0.2) is 35.4 Å². The molecule has 0 bridgehead atoms. The summed E-state index contributed by atoms with van der Waals surface area (Å²) in [5.41, 5.74) is 6.58. The number of rotatable bonds is 12. The number of halogens is 1. The van der Waals surface area contributed by atoms with Gasteiger partial charge in [0.1, 0.15) is 12.2 Å². The number of aromatic amines is 1. The van der Waals surface area contributed by atoms with Gasteiger partial charge in [0.15, 0.2) is 19.5 Å². The van der Waals surface area contributed by atoms with Crippen LogP contribution in [0.1, 0.15) is 5.56 Å². The number of aromatic nitrogens is 4. The Kier molecular flexibility index (Phi) is 8.59. The van der Waals surface area contributed by atoms with Crippen molar-refractivity contribution in [2.75, 3.05) is 37.3 Å². The highest BCUT2D eigenvalue weighted by Crippen LogP contribution is 2.39. The van der Waals surface area contributed by atoms with E-state index in [2.05, 4.69) is 15.0 Å². The van der Waals surface area contributed by atoms with Crippen LogP contribution in [0.3, 0.4) is 0 Å². The first kappa shape index (κ1) is 22.6. The summed E-state index contributed by atoms with van der Waals surface area (Å²) >= 11 is 1.67. The van der Waals surface area contributed by atoms with E-state index in [1.807, 2.05) is 6.26 Å². The number of hydrogen-bond acceptors (Lipinski definition) is 8. The lowest BCUT2D eigenvalue weighted by molar-refractivity contribution is 0.142. The highest BCUT2D eigenvalue weighted by molar-refractivity contribution is 7.98. The summed E-state index contributed by atoms with van der Waals surface area (Å²) in [7, 11) is -1.29. The molecule has 2 heterocycles. The van der Waals surface area contributed by atoms with Crippen molar-refractivity contribution >= 4 is 37.2 Å². The van der Waals surface area contributed by atoms with Gasteiger partial charge >= 0.3 is 0 Å². The summed E-state index contributed by atoms with van der Waals surface area (Å²) < 4.78 is 32.4. The van der Waals surface area contributed by atoms with Gasteiger partial charge < -0.3 is 24.1 Å². The molecule has 1 atom stereocenters. The molecule has 3 N–H and O–H groups in total. The Bertz CT molecular complexity index is 1020. The van der Waals surface area contributed by atoms with Crippen LogP contribution in [0.5, 0.6) is 0 Å². The lowest BCUT2D eigenvalue weighted by Gasteiger charge is -2.17. The number of fused-ring (bicyclic) bond motifs is 1. The fourth-order valence-corrected chi connectivity index (χ4v) is 4.01. The zero-order chi connectivity index (χ0) is 21.3. The predicted molar refractivity (Wildman–Crippen MR) is 116 cm³/mol. The van der Waals surface area contributed by atoms with Gasteiger partial charge in [0.25, 0.3) is 5.56 Å². The molecule has 0 amide bonds. The number of nitrogens with zero attached hydrogens (tertiary/aromatic N) is 3. The first-order valence-corrected chi connectivity index (χ1v) is 11.9. The maximum atomic E-state index is 13.3. The third-order valence-electron chi connectivity index (χ3n) is 3.95. The Labute approximate surface area is 178 Å². The predicted octanol–water partition coefficient (Wildman–Crippen LogP) is 2.72. The van der Waals surface area contributed by atoms with E-state index in [-0.39, 0.29) is 35.8 Å². The number of thioether (sulfide) groups is 1. The number of ether oxygens (including phenoxy) is 1. The van der Waals surface area contributed by atoms with Gasteiger partial charge in [-0.05, 0) is 24.0 Å². The minimum Gasteiger partial charge on any atom is -0.370 e. The van der Waals surface area contributed by atoms with Gasteiger partial charge in [-0.15, -0.1) is 0 Å². The number of nitrogen functional groups attached to an aromatic ring is 1. The second kappa shape index (κ2) is 11.4. The van der Waals surface area contributed by atoms with E-state index < -0.39 is 8.38 Å². The van der Waals surface area contributed by atoms with Gasteiger partial charge in [0.05, 0.1) is 26.1 Å². The molecule has 162 valence electrons. The van der Waals surface area contributed by atoms with Gasteiger partial charge in [-0.3, -0.25) is 9.78 Å².